The van der Waals surface area contributed by atoms with Crippen molar-refractivity contribution in [3.05, 3.63) is 40.6 Å². The van der Waals surface area contributed by atoms with Crippen LogP contribution in [0.25, 0.3) is 0 Å². The number of aromatic amines is 1. The monoisotopic (exact) mass is 330 g/mol. The average molecular weight is 330 g/mol. The van der Waals surface area contributed by atoms with Gasteiger partial charge in [-0.05, 0) is 37.9 Å². The maximum absolute atomic E-state index is 12.5. The summed E-state index contributed by atoms with van der Waals surface area (Å²) in [5.74, 6) is 0.143. The Bertz CT molecular complexity index is 654. The van der Waals surface area contributed by atoms with Crippen LogP contribution in [0.2, 0.25) is 0 Å². The van der Waals surface area contributed by atoms with Crippen molar-refractivity contribution in [2.75, 3.05) is 26.2 Å². The smallest absolute Gasteiger partial charge is 0.270 e. The third-order valence-electron chi connectivity index (χ3n) is 5.14. The molecule has 2 aliphatic heterocycles. The fraction of sp³-hybridized carbons (Fsp3) is 0.529. The number of amides is 1. The third-order valence-corrected chi connectivity index (χ3v) is 5.90. The molecule has 4 heterocycles. The number of thiazole rings is 1. The van der Waals surface area contributed by atoms with E-state index in [1.54, 1.807) is 11.3 Å². The average Bonchev–Trinajstić information content (AvgIpc) is 3.28. The molecule has 1 amide bonds. The molecule has 1 N–H and O–H groups in total. The Morgan fingerprint density at radius 3 is 3.09 bits per heavy atom. The predicted octanol–water partition coefficient (Wildman–Crippen LogP) is 2.60. The molecule has 0 radical (unpaired) electrons. The lowest BCUT2D eigenvalue weighted by atomic mass is 9.79. The summed E-state index contributed by atoms with van der Waals surface area (Å²) < 4.78 is 0. The van der Waals surface area contributed by atoms with Crippen LogP contribution >= 0.6 is 11.3 Å². The van der Waals surface area contributed by atoms with Gasteiger partial charge in [0.05, 0.1) is 6.54 Å². The SMILES string of the molecule is O=C(c1ccc[nH]1)N1CCC2(CCCN(Cc3nccs3)C2)C1. The molecule has 122 valence electrons. The highest BCUT2D eigenvalue weighted by Gasteiger charge is 2.43. The zero-order chi connectivity index (χ0) is 15.7. The van der Waals surface area contributed by atoms with Crippen molar-refractivity contribution >= 4 is 17.2 Å². The summed E-state index contributed by atoms with van der Waals surface area (Å²) in [5.41, 5.74) is 0.982. The number of likely N-dealkylation sites (tertiary alicyclic amines) is 2. The van der Waals surface area contributed by atoms with E-state index in [2.05, 4.69) is 14.9 Å². The molecule has 0 saturated carbocycles. The van der Waals surface area contributed by atoms with Crippen LogP contribution < -0.4 is 0 Å². The quantitative estimate of drug-likeness (QED) is 0.941. The first kappa shape index (κ1) is 14.9. The number of carbonyl (C=O) groups excluding carboxylic acids is 1. The van der Waals surface area contributed by atoms with Crippen LogP contribution in [0, 0.1) is 5.41 Å². The number of hydrogen-bond acceptors (Lipinski definition) is 4. The van der Waals surface area contributed by atoms with Crippen molar-refractivity contribution in [3.8, 4) is 0 Å². The Hall–Kier alpha value is -1.66. The topological polar surface area (TPSA) is 52.2 Å². The Morgan fingerprint density at radius 2 is 2.30 bits per heavy atom. The summed E-state index contributed by atoms with van der Waals surface area (Å²) >= 11 is 1.73. The molecule has 2 aromatic rings. The molecule has 0 bridgehead atoms. The Balaban J connectivity index is 1.41. The predicted molar refractivity (Wildman–Crippen MR) is 90.4 cm³/mol. The second kappa shape index (κ2) is 6.09. The molecule has 6 heteroatoms. The van der Waals surface area contributed by atoms with E-state index in [4.69, 9.17) is 0 Å². The molecule has 0 aromatic carbocycles. The van der Waals surface area contributed by atoms with Gasteiger partial charge in [-0.15, -0.1) is 11.3 Å². The highest BCUT2D eigenvalue weighted by Crippen LogP contribution is 2.39. The maximum Gasteiger partial charge on any atom is 0.270 e. The zero-order valence-electron chi connectivity index (χ0n) is 13.2. The number of hydrogen-bond donors (Lipinski definition) is 1. The molecule has 1 unspecified atom stereocenters. The number of aromatic nitrogens is 2. The Labute approximate surface area is 140 Å². The van der Waals surface area contributed by atoms with E-state index in [-0.39, 0.29) is 11.3 Å². The van der Waals surface area contributed by atoms with Gasteiger partial charge in [0.1, 0.15) is 10.7 Å². The van der Waals surface area contributed by atoms with Crippen LogP contribution in [0.1, 0.15) is 34.8 Å². The molecule has 1 atom stereocenters. The molecule has 1 spiro atoms. The molecule has 2 aromatic heterocycles. The van der Waals surface area contributed by atoms with Gasteiger partial charge in [0, 0.05) is 42.8 Å². The van der Waals surface area contributed by atoms with E-state index in [0.717, 1.165) is 39.1 Å². The molecule has 2 aliphatic rings. The van der Waals surface area contributed by atoms with Crippen molar-refractivity contribution in [1.29, 1.82) is 0 Å². The summed E-state index contributed by atoms with van der Waals surface area (Å²) in [6.45, 7) is 4.94. The summed E-state index contributed by atoms with van der Waals surface area (Å²) in [4.78, 5) is 24.5. The van der Waals surface area contributed by atoms with Crippen molar-refractivity contribution in [1.82, 2.24) is 19.8 Å². The second-order valence-corrected chi connectivity index (χ2v) is 7.78. The van der Waals surface area contributed by atoms with Gasteiger partial charge in [-0.2, -0.15) is 0 Å². The van der Waals surface area contributed by atoms with E-state index < -0.39 is 0 Å². The van der Waals surface area contributed by atoms with Gasteiger partial charge in [-0.3, -0.25) is 9.69 Å². The number of nitrogens with one attached hydrogen (secondary N) is 1. The van der Waals surface area contributed by atoms with Crippen molar-refractivity contribution in [3.63, 3.8) is 0 Å². The number of H-pyrrole nitrogens is 1. The highest BCUT2D eigenvalue weighted by molar-refractivity contribution is 7.09. The minimum atomic E-state index is 0.143. The standard InChI is InChI=1S/C17H22N4OS/c22-16(14-3-1-6-18-14)21-9-5-17(13-21)4-2-8-20(12-17)11-15-19-7-10-23-15/h1,3,6-7,10,18H,2,4-5,8-9,11-13H2. The van der Waals surface area contributed by atoms with Crippen molar-refractivity contribution in [2.24, 2.45) is 5.41 Å². The Kier molecular flexibility index (Phi) is 3.95. The molecule has 4 rings (SSSR count). The second-order valence-electron chi connectivity index (χ2n) is 6.80. The largest absolute Gasteiger partial charge is 0.357 e. The highest BCUT2D eigenvalue weighted by atomic mass is 32.1. The van der Waals surface area contributed by atoms with E-state index in [9.17, 15) is 4.79 Å². The zero-order valence-corrected chi connectivity index (χ0v) is 14.0. The van der Waals surface area contributed by atoms with Crippen LogP contribution in [-0.2, 0) is 6.54 Å². The first-order chi connectivity index (χ1) is 11.2. The summed E-state index contributed by atoms with van der Waals surface area (Å²) in [6.07, 6.45) is 7.26. The van der Waals surface area contributed by atoms with Crippen LogP contribution in [0.4, 0.5) is 0 Å². The van der Waals surface area contributed by atoms with E-state index in [1.807, 2.05) is 34.8 Å². The van der Waals surface area contributed by atoms with Crippen LogP contribution in [0.15, 0.2) is 29.9 Å². The molecular formula is C17H22N4OS. The summed E-state index contributed by atoms with van der Waals surface area (Å²) in [6, 6.07) is 3.75. The fourth-order valence-corrected chi connectivity index (χ4v) is 4.70. The van der Waals surface area contributed by atoms with E-state index in [0.29, 0.717) is 5.69 Å². The van der Waals surface area contributed by atoms with Gasteiger partial charge in [0.2, 0.25) is 0 Å². The van der Waals surface area contributed by atoms with Crippen LogP contribution in [-0.4, -0.2) is 51.9 Å². The molecule has 5 nitrogen and oxygen atoms in total. The molecule has 23 heavy (non-hydrogen) atoms. The van der Waals surface area contributed by atoms with Crippen molar-refractivity contribution < 1.29 is 4.79 Å². The molecule has 2 fully saturated rings. The normalized spacial score (nSPS) is 25.3. The van der Waals surface area contributed by atoms with E-state index >= 15 is 0 Å². The van der Waals surface area contributed by atoms with Crippen molar-refractivity contribution in [2.45, 2.75) is 25.8 Å². The summed E-state index contributed by atoms with van der Waals surface area (Å²) in [5, 5.41) is 3.24. The molecular weight excluding hydrogens is 308 g/mol. The molecule has 0 aliphatic carbocycles. The summed E-state index contributed by atoms with van der Waals surface area (Å²) in [7, 11) is 0. The first-order valence-electron chi connectivity index (χ1n) is 8.28. The van der Waals surface area contributed by atoms with Gasteiger partial charge < -0.3 is 9.88 Å². The van der Waals surface area contributed by atoms with Crippen LogP contribution in [0.5, 0.6) is 0 Å². The molecule has 2 saturated heterocycles. The van der Waals surface area contributed by atoms with Gasteiger partial charge in [0.15, 0.2) is 0 Å². The lowest BCUT2D eigenvalue weighted by Crippen LogP contribution is -2.45. The number of carbonyl (C=O) groups is 1. The maximum atomic E-state index is 12.5. The Morgan fingerprint density at radius 1 is 1.35 bits per heavy atom. The minimum Gasteiger partial charge on any atom is -0.357 e. The van der Waals surface area contributed by atoms with Gasteiger partial charge in [-0.1, -0.05) is 0 Å². The van der Waals surface area contributed by atoms with Gasteiger partial charge >= 0.3 is 0 Å². The third kappa shape index (κ3) is 3.05. The number of nitrogens with zero attached hydrogens (tertiary/aromatic N) is 3. The lowest BCUT2D eigenvalue weighted by Gasteiger charge is -2.40. The van der Waals surface area contributed by atoms with Gasteiger partial charge in [-0.25, -0.2) is 4.98 Å². The minimum absolute atomic E-state index is 0.143. The van der Waals surface area contributed by atoms with Gasteiger partial charge in [0.25, 0.3) is 5.91 Å². The number of piperidine rings is 1. The van der Waals surface area contributed by atoms with Crippen LogP contribution in [0.3, 0.4) is 0 Å². The lowest BCUT2D eigenvalue weighted by molar-refractivity contribution is 0.0671. The van der Waals surface area contributed by atoms with E-state index in [1.165, 1.54) is 17.8 Å². The number of rotatable bonds is 3. The first-order valence-corrected chi connectivity index (χ1v) is 9.16. The fourth-order valence-electron chi connectivity index (χ4n) is 4.04.